The van der Waals surface area contributed by atoms with Crippen LogP contribution in [0.25, 0.3) is 0 Å². The molecule has 3 aromatic rings. The topological polar surface area (TPSA) is 72.9 Å². The average Bonchev–Trinajstić information content (AvgIpc) is 3.15. The minimum atomic E-state index is -0.639. The van der Waals surface area contributed by atoms with E-state index in [0.29, 0.717) is 6.42 Å². The second-order valence-electron chi connectivity index (χ2n) is 7.12. The van der Waals surface area contributed by atoms with Crippen molar-refractivity contribution in [3.8, 4) is 0 Å². The highest BCUT2D eigenvalue weighted by Crippen LogP contribution is 2.13. The van der Waals surface area contributed by atoms with Crippen molar-refractivity contribution < 1.29 is 4.79 Å². The Hall–Kier alpha value is -2.34. The predicted molar refractivity (Wildman–Crippen MR) is 128 cm³/mol. The van der Waals surface area contributed by atoms with Crippen LogP contribution in [0, 0.1) is 0 Å². The van der Waals surface area contributed by atoms with E-state index >= 15 is 0 Å². The van der Waals surface area contributed by atoms with Crippen LogP contribution >= 0.6 is 24.8 Å². The van der Waals surface area contributed by atoms with Gasteiger partial charge in [-0.25, -0.2) is 4.98 Å². The van der Waals surface area contributed by atoms with Crippen LogP contribution in [-0.2, 0) is 24.2 Å². The second-order valence-corrected chi connectivity index (χ2v) is 7.12. The number of imidazole rings is 1. The SMILES string of the molecule is CCCCc1ccc(NC(=O)[C@@H](N)Cc2cn(Cc3ccccc3)cn2)cc1.Cl.Cl. The maximum absolute atomic E-state index is 12.4. The highest BCUT2D eigenvalue weighted by atomic mass is 35.5. The summed E-state index contributed by atoms with van der Waals surface area (Å²) in [6.07, 6.45) is 7.55. The van der Waals surface area contributed by atoms with Crippen LogP contribution in [0.15, 0.2) is 67.1 Å². The quantitative estimate of drug-likeness (QED) is 0.501. The van der Waals surface area contributed by atoms with Crippen molar-refractivity contribution in [1.82, 2.24) is 9.55 Å². The number of benzene rings is 2. The molecule has 0 saturated heterocycles. The van der Waals surface area contributed by atoms with Gasteiger partial charge in [0.25, 0.3) is 0 Å². The fraction of sp³-hybridized carbons (Fsp3) is 0.304. The number of aryl methyl sites for hydroxylation is 1. The fourth-order valence-corrected chi connectivity index (χ4v) is 3.08. The number of carbonyl (C=O) groups is 1. The number of hydrogen-bond acceptors (Lipinski definition) is 3. The molecule has 0 aliphatic rings. The largest absolute Gasteiger partial charge is 0.333 e. The third-order valence-corrected chi connectivity index (χ3v) is 4.70. The monoisotopic (exact) mass is 448 g/mol. The van der Waals surface area contributed by atoms with Crippen LogP contribution in [-0.4, -0.2) is 21.5 Å². The molecule has 0 spiro atoms. The van der Waals surface area contributed by atoms with E-state index in [4.69, 9.17) is 5.73 Å². The number of carbonyl (C=O) groups excluding carboxylic acids is 1. The van der Waals surface area contributed by atoms with Gasteiger partial charge >= 0.3 is 0 Å². The molecule has 0 radical (unpaired) electrons. The summed E-state index contributed by atoms with van der Waals surface area (Å²) in [6, 6.07) is 17.5. The van der Waals surface area contributed by atoms with Gasteiger partial charge in [-0.2, -0.15) is 0 Å². The number of anilines is 1. The number of rotatable bonds is 9. The summed E-state index contributed by atoms with van der Waals surface area (Å²) >= 11 is 0. The molecule has 1 atom stereocenters. The van der Waals surface area contributed by atoms with Gasteiger partial charge in [0.05, 0.1) is 18.1 Å². The van der Waals surface area contributed by atoms with Crippen molar-refractivity contribution in [3.05, 3.63) is 83.9 Å². The van der Waals surface area contributed by atoms with Gasteiger partial charge in [-0.1, -0.05) is 55.8 Å². The van der Waals surface area contributed by atoms with Gasteiger partial charge in [0.2, 0.25) is 5.91 Å². The second kappa shape index (κ2) is 13.1. The number of nitrogens with zero attached hydrogens (tertiary/aromatic N) is 2. The first-order valence-electron chi connectivity index (χ1n) is 9.84. The first kappa shape index (κ1) is 25.7. The normalized spacial score (nSPS) is 11.1. The van der Waals surface area contributed by atoms with Crippen molar-refractivity contribution in [2.45, 2.75) is 45.2 Å². The lowest BCUT2D eigenvalue weighted by molar-refractivity contribution is -0.117. The van der Waals surface area contributed by atoms with Crippen LogP contribution in [0.1, 0.15) is 36.6 Å². The third-order valence-electron chi connectivity index (χ3n) is 4.70. The summed E-state index contributed by atoms with van der Waals surface area (Å²) in [4.78, 5) is 16.8. The van der Waals surface area contributed by atoms with E-state index in [2.05, 4.69) is 41.5 Å². The molecule has 30 heavy (non-hydrogen) atoms. The van der Waals surface area contributed by atoms with E-state index in [1.807, 2.05) is 41.1 Å². The Morgan fingerprint density at radius 2 is 1.77 bits per heavy atom. The van der Waals surface area contributed by atoms with Crippen molar-refractivity contribution in [3.63, 3.8) is 0 Å². The Morgan fingerprint density at radius 3 is 2.43 bits per heavy atom. The molecule has 0 bridgehead atoms. The lowest BCUT2D eigenvalue weighted by Gasteiger charge is -2.11. The molecule has 2 aromatic carbocycles. The van der Waals surface area contributed by atoms with E-state index < -0.39 is 6.04 Å². The molecule has 1 amide bonds. The number of unbranched alkanes of at least 4 members (excludes halogenated alkanes) is 1. The maximum atomic E-state index is 12.4. The number of nitrogens with two attached hydrogens (primary N) is 1. The number of halogens is 2. The zero-order valence-corrected chi connectivity index (χ0v) is 18.8. The van der Waals surface area contributed by atoms with Gasteiger partial charge in [0.15, 0.2) is 0 Å². The van der Waals surface area contributed by atoms with E-state index in [9.17, 15) is 4.79 Å². The Kier molecular flexibility index (Phi) is 11.2. The molecule has 0 aliphatic carbocycles. The van der Waals surface area contributed by atoms with Gasteiger partial charge in [0.1, 0.15) is 0 Å². The first-order valence-corrected chi connectivity index (χ1v) is 9.84. The number of amides is 1. The highest BCUT2D eigenvalue weighted by molar-refractivity contribution is 5.94. The molecule has 1 heterocycles. The molecule has 0 aliphatic heterocycles. The predicted octanol–water partition coefficient (Wildman–Crippen LogP) is 4.63. The van der Waals surface area contributed by atoms with Gasteiger partial charge in [-0.3, -0.25) is 4.79 Å². The van der Waals surface area contributed by atoms with Crippen LogP contribution < -0.4 is 11.1 Å². The Labute approximate surface area is 190 Å². The first-order chi connectivity index (χ1) is 13.6. The van der Waals surface area contributed by atoms with Gasteiger partial charge < -0.3 is 15.6 Å². The van der Waals surface area contributed by atoms with E-state index in [0.717, 1.165) is 24.3 Å². The Balaban J connectivity index is 0.00000225. The van der Waals surface area contributed by atoms with Crippen molar-refractivity contribution in [2.75, 3.05) is 5.32 Å². The number of hydrogen-bond donors (Lipinski definition) is 2. The lowest BCUT2D eigenvalue weighted by Crippen LogP contribution is -2.37. The summed E-state index contributed by atoms with van der Waals surface area (Å²) in [5.74, 6) is -0.195. The van der Waals surface area contributed by atoms with Crippen LogP contribution in [0.2, 0.25) is 0 Å². The lowest BCUT2D eigenvalue weighted by atomic mass is 10.1. The molecule has 1 aromatic heterocycles. The van der Waals surface area contributed by atoms with Crippen molar-refractivity contribution in [2.24, 2.45) is 5.73 Å². The standard InChI is InChI=1S/C23H28N4O.2ClH/c1-2-3-7-18-10-12-20(13-11-18)26-23(28)22(24)14-21-16-27(17-25-21)15-19-8-5-4-6-9-19;;/h4-6,8-13,16-17,22H,2-3,7,14-15,24H2,1H3,(H,26,28);2*1H/t22-;;/m0../s1. The Bertz CT molecular complexity index is 882. The molecule has 0 saturated carbocycles. The van der Waals surface area contributed by atoms with Gasteiger partial charge in [-0.05, 0) is 36.1 Å². The number of aromatic nitrogens is 2. The van der Waals surface area contributed by atoms with Crippen LogP contribution in [0.5, 0.6) is 0 Å². The highest BCUT2D eigenvalue weighted by Gasteiger charge is 2.16. The Morgan fingerprint density at radius 1 is 1.07 bits per heavy atom. The third kappa shape index (κ3) is 7.82. The fourth-order valence-electron chi connectivity index (χ4n) is 3.08. The molecule has 0 fully saturated rings. The molecule has 7 heteroatoms. The molecular formula is C23H30Cl2N4O. The van der Waals surface area contributed by atoms with Crippen molar-refractivity contribution in [1.29, 1.82) is 0 Å². The zero-order valence-electron chi connectivity index (χ0n) is 17.2. The van der Waals surface area contributed by atoms with Crippen LogP contribution in [0.3, 0.4) is 0 Å². The van der Waals surface area contributed by atoms with E-state index in [1.165, 1.54) is 24.0 Å². The van der Waals surface area contributed by atoms with Crippen LogP contribution in [0.4, 0.5) is 5.69 Å². The summed E-state index contributed by atoms with van der Waals surface area (Å²) in [6.45, 7) is 2.93. The minimum Gasteiger partial charge on any atom is -0.333 e. The molecule has 3 N–H and O–H groups in total. The number of nitrogens with one attached hydrogen (secondary N) is 1. The average molecular weight is 449 g/mol. The minimum absolute atomic E-state index is 0. The van der Waals surface area contributed by atoms with E-state index in [1.54, 1.807) is 6.33 Å². The molecule has 162 valence electrons. The maximum Gasteiger partial charge on any atom is 0.241 e. The molecule has 5 nitrogen and oxygen atoms in total. The summed E-state index contributed by atoms with van der Waals surface area (Å²) in [7, 11) is 0. The van der Waals surface area contributed by atoms with Gasteiger partial charge in [0, 0.05) is 24.8 Å². The summed E-state index contributed by atoms with van der Waals surface area (Å²) < 4.78 is 2.00. The molecule has 3 rings (SSSR count). The smallest absolute Gasteiger partial charge is 0.241 e. The molecule has 0 unspecified atom stereocenters. The zero-order chi connectivity index (χ0) is 19.8. The summed E-state index contributed by atoms with van der Waals surface area (Å²) in [5, 5.41) is 2.89. The van der Waals surface area contributed by atoms with Gasteiger partial charge in [-0.15, -0.1) is 24.8 Å². The molecular weight excluding hydrogens is 419 g/mol. The van der Waals surface area contributed by atoms with E-state index in [-0.39, 0.29) is 30.7 Å². The van der Waals surface area contributed by atoms with Crippen molar-refractivity contribution >= 4 is 36.4 Å². The summed E-state index contributed by atoms with van der Waals surface area (Å²) in [5.41, 5.74) is 10.2.